The van der Waals surface area contributed by atoms with Gasteiger partial charge in [0.2, 0.25) is 0 Å². The molecular formula is C11H18N4OS. The molecule has 1 aromatic heterocycles. The molecule has 1 aliphatic rings. The molecule has 0 aliphatic carbocycles. The predicted molar refractivity (Wildman–Crippen MR) is 67.0 cm³/mol. The first-order valence-electron chi connectivity index (χ1n) is 5.88. The van der Waals surface area contributed by atoms with Crippen LogP contribution in [0.3, 0.4) is 0 Å². The van der Waals surface area contributed by atoms with Crippen LogP contribution in [-0.4, -0.2) is 34.6 Å². The van der Waals surface area contributed by atoms with Gasteiger partial charge in [-0.1, -0.05) is 18.3 Å². The third-order valence-electron chi connectivity index (χ3n) is 3.38. The molecule has 0 bridgehead atoms. The van der Waals surface area contributed by atoms with Crippen LogP contribution < -0.4 is 10.6 Å². The lowest BCUT2D eigenvalue weighted by atomic mass is 9.77. The van der Waals surface area contributed by atoms with Gasteiger partial charge in [0, 0.05) is 12.6 Å². The van der Waals surface area contributed by atoms with Crippen LogP contribution >= 0.6 is 11.5 Å². The van der Waals surface area contributed by atoms with E-state index in [1.807, 2.05) is 0 Å². The Morgan fingerprint density at radius 3 is 3.18 bits per heavy atom. The Morgan fingerprint density at radius 2 is 2.53 bits per heavy atom. The second-order valence-electron chi connectivity index (χ2n) is 5.09. The van der Waals surface area contributed by atoms with Crippen molar-refractivity contribution in [2.24, 2.45) is 5.41 Å². The maximum absolute atomic E-state index is 11.8. The van der Waals surface area contributed by atoms with Gasteiger partial charge in [-0.3, -0.25) is 4.79 Å². The van der Waals surface area contributed by atoms with Gasteiger partial charge in [-0.2, -0.15) is 0 Å². The van der Waals surface area contributed by atoms with E-state index in [2.05, 4.69) is 34.1 Å². The summed E-state index contributed by atoms with van der Waals surface area (Å²) in [5, 5.41) is 10.1. The fourth-order valence-electron chi connectivity index (χ4n) is 2.17. The van der Waals surface area contributed by atoms with Gasteiger partial charge in [0.15, 0.2) is 0 Å². The first-order valence-corrected chi connectivity index (χ1v) is 6.66. The van der Waals surface area contributed by atoms with Gasteiger partial charge in [0.05, 0.1) is 6.20 Å². The molecule has 5 nitrogen and oxygen atoms in total. The predicted octanol–water partition coefficient (Wildman–Crippen LogP) is 1.05. The molecule has 0 saturated carbocycles. The molecule has 0 radical (unpaired) electrons. The summed E-state index contributed by atoms with van der Waals surface area (Å²) >= 11 is 1.12. The molecule has 1 atom stereocenters. The Labute approximate surface area is 105 Å². The third-order valence-corrected chi connectivity index (χ3v) is 4.05. The van der Waals surface area contributed by atoms with Crippen molar-refractivity contribution in [1.82, 2.24) is 20.2 Å². The number of aromatic nitrogens is 2. The molecule has 2 N–H and O–H groups in total. The van der Waals surface area contributed by atoms with Crippen molar-refractivity contribution >= 4 is 17.4 Å². The van der Waals surface area contributed by atoms with Gasteiger partial charge in [0.1, 0.15) is 4.88 Å². The number of rotatable bonds is 3. The largest absolute Gasteiger partial charge is 0.350 e. The van der Waals surface area contributed by atoms with Crippen LogP contribution in [0.5, 0.6) is 0 Å². The van der Waals surface area contributed by atoms with E-state index in [4.69, 9.17) is 0 Å². The van der Waals surface area contributed by atoms with E-state index in [9.17, 15) is 4.79 Å². The summed E-state index contributed by atoms with van der Waals surface area (Å²) < 4.78 is 3.68. The second-order valence-corrected chi connectivity index (χ2v) is 5.88. The minimum Gasteiger partial charge on any atom is -0.350 e. The lowest BCUT2D eigenvalue weighted by molar-refractivity contribution is 0.0932. The molecule has 1 aliphatic heterocycles. The maximum Gasteiger partial charge on any atom is 0.264 e. The number of hydrogen-bond acceptors (Lipinski definition) is 5. The topological polar surface area (TPSA) is 66.9 Å². The molecule has 2 heterocycles. The highest BCUT2D eigenvalue weighted by atomic mass is 32.1. The fourth-order valence-corrected chi connectivity index (χ4v) is 2.60. The highest BCUT2D eigenvalue weighted by Gasteiger charge is 2.32. The summed E-state index contributed by atoms with van der Waals surface area (Å²) in [4.78, 5) is 12.3. The Bertz CT molecular complexity index is 377. The van der Waals surface area contributed by atoms with Crippen LogP contribution in [0.2, 0.25) is 0 Å². The second kappa shape index (κ2) is 5.10. The van der Waals surface area contributed by atoms with Crippen molar-refractivity contribution in [1.29, 1.82) is 0 Å². The van der Waals surface area contributed by atoms with E-state index in [-0.39, 0.29) is 11.3 Å². The van der Waals surface area contributed by atoms with Crippen molar-refractivity contribution in [2.45, 2.75) is 32.7 Å². The summed E-state index contributed by atoms with van der Waals surface area (Å²) in [6.45, 7) is 6.17. The zero-order chi connectivity index (χ0) is 12.3. The Kier molecular flexibility index (Phi) is 3.73. The highest BCUT2D eigenvalue weighted by molar-refractivity contribution is 7.07. The minimum absolute atomic E-state index is 0.0804. The number of piperidine rings is 1. The molecule has 1 saturated heterocycles. The van der Waals surface area contributed by atoms with Crippen molar-refractivity contribution < 1.29 is 4.79 Å². The molecule has 1 fully saturated rings. The Morgan fingerprint density at radius 1 is 1.71 bits per heavy atom. The van der Waals surface area contributed by atoms with E-state index >= 15 is 0 Å². The average Bonchev–Trinajstić information content (AvgIpc) is 2.80. The Balaban J connectivity index is 1.87. The van der Waals surface area contributed by atoms with Crippen LogP contribution in [0.25, 0.3) is 0 Å². The molecule has 0 spiro atoms. The van der Waals surface area contributed by atoms with Crippen molar-refractivity contribution in [3.8, 4) is 0 Å². The van der Waals surface area contributed by atoms with Crippen molar-refractivity contribution in [3.63, 3.8) is 0 Å². The van der Waals surface area contributed by atoms with Crippen LogP contribution in [0.4, 0.5) is 0 Å². The number of carbonyl (C=O) groups excluding carboxylic acids is 1. The first kappa shape index (κ1) is 12.4. The summed E-state index contributed by atoms with van der Waals surface area (Å²) in [5.41, 5.74) is 0.234. The van der Waals surface area contributed by atoms with E-state index < -0.39 is 0 Å². The smallest absolute Gasteiger partial charge is 0.264 e. The molecule has 6 heteroatoms. The SMILES string of the molecule is CC1(C)CCCNC1CNC(=O)c1cnns1. The van der Waals surface area contributed by atoms with E-state index in [0.717, 1.165) is 18.1 Å². The zero-order valence-electron chi connectivity index (χ0n) is 10.2. The summed E-state index contributed by atoms with van der Waals surface area (Å²) in [6.07, 6.45) is 3.90. The van der Waals surface area contributed by atoms with Gasteiger partial charge < -0.3 is 10.6 Å². The average molecular weight is 254 g/mol. The molecule has 1 unspecified atom stereocenters. The standard InChI is InChI=1S/C11H18N4OS/c1-11(2)4-3-5-12-9(11)7-13-10(16)8-6-14-15-17-8/h6,9,12H,3-5,7H2,1-2H3,(H,13,16). The number of nitrogens with one attached hydrogen (secondary N) is 2. The number of amides is 1. The molecule has 17 heavy (non-hydrogen) atoms. The number of hydrogen-bond donors (Lipinski definition) is 2. The minimum atomic E-state index is -0.0804. The van der Waals surface area contributed by atoms with Gasteiger partial charge in [-0.15, -0.1) is 5.10 Å². The number of nitrogens with zero attached hydrogens (tertiary/aromatic N) is 2. The van der Waals surface area contributed by atoms with Crippen LogP contribution in [-0.2, 0) is 0 Å². The highest BCUT2D eigenvalue weighted by Crippen LogP contribution is 2.29. The monoisotopic (exact) mass is 254 g/mol. The Hall–Kier alpha value is -1.01. The summed E-state index contributed by atoms with van der Waals surface area (Å²) in [7, 11) is 0. The molecule has 0 aromatic carbocycles. The van der Waals surface area contributed by atoms with Crippen LogP contribution in [0.15, 0.2) is 6.20 Å². The van der Waals surface area contributed by atoms with Crippen molar-refractivity contribution in [3.05, 3.63) is 11.1 Å². The van der Waals surface area contributed by atoms with E-state index in [1.54, 1.807) is 0 Å². The maximum atomic E-state index is 11.8. The molecule has 1 amide bonds. The first-order chi connectivity index (χ1) is 8.09. The molecule has 94 valence electrons. The molecule has 2 rings (SSSR count). The van der Waals surface area contributed by atoms with Gasteiger partial charge >= 0.3 is 0 Å². The summed E-state index contributed by atoms with van der Waals surface area (Å²) in [6, 6.07) is 0.334. The normalized spacial score (nSPS) is 23.3. The lowest BCUT2D eigenvalue weighted by Crippen LogP contribution is -2.52. The molecular weight excluding hydrogens is 236 g/mol. The van der Waals surface area contributed by atoms with Crippen LogP contribution in [0, 0.1) is 5.41 Å². The molecule has 1 aromatic rings. The lowest BCUT2D eigenvalue weighted by Gasteiger charge is -2.39. The van der Waals surface area contributed by atoms with Gasteiger partial charge in [0.25, 0.3) is 5.91 Å². The van der Waals surface area contributed by atoms with Gasteiger partial charge in [-0.05, 0) is 36.3 Å². The quantitative estimate of drug-likeness (QED) is 0.846. The fraction of sp³-hybridized carbons (Fsp3) is 0.727. The number of carbonyl (C=O) groups is 1. The van der Waals surface area contributed by atoms with Crippen LogP contribution in [0.1, 0.15) is 36.4 Å². The van der Waals surface area contributed by atoms with Crippen molar-refractivity contribution in [2.75, 3.05) is 13.1 Å². The summed E-state index contributed by atoms with van der Waals surface area (Å²) in [5.74, 6) is -0.0804. The third kappa shape index (κ3) is 3.01. The van der Waals surface area contributed by atoms with E-state index in [0.29, 0.717) is 17.5 Å². The van der Waals surface area contributed by atoms with Gasteiger partial charge in [-0.25, -0.2) is 0 Å². The van der Waals surface area contributed by atoms with E-state index in [1.165, 1.54) is 19.0 Å². The zero-order valence-corrected chi connectivity index (χ0v) is 11.0.